The average Bonchev–Trinajstić information content (AvgIpc) is 3.12. The number of H-pyrrole nitrogens is 1. The van der Waals surface area contributed by atoms with Gasteiger partial charge in [-0.1, -0.05) is 18.2 Å². The number of methoxy groups -OCH3 is 1. The topological polar surface area (TPSA) is 54.6 Å². The van der Waals surface area contributed by atoms with Gasteiger partial charge in [0.25, 0.3) is 5.91 Å². The Balaban J connectivity index is 1.58. The van der Waals surface area contributed by atoms with Crippen LogP contribution in [0, 0.1) is 0 Å². The second-order valence-electron chi connectivity index (χ2n) is 7.54. The van der Waals surface area contributed by atoms with E-state index in [1.807, 2.05) is 12.1 Å². The number of nitrogens with one attached hydrogen (secondary N) is 1. The van der Waals surface area contributed by atoms with E-state index < -0.39 is 6.61 Å². The lowest BCUT2D eigenvalue weighted by Crippen LogP contribution is -2.26. The summed E-state index contributed by atoms with van der Waals surface area (Å²) in [7, 11) is 3.11. The van der Waals surface area contributed by atoms with Gasteiger partial charge in [0.2, 0.25) is 0 Å². The molecule has 0 fully saturated rings. The number of hydrogen-bond donors (Lipinski definition) is 1. The van der Waals surface area contributed by atoms with Crippen molar-refractivity contribution >= 4 is 16.8 Å². The van der Waals surface area contributed by atoms with E-state index in [2.05, 4.69) is 15.8 Å². The number of aromatic nitrogens is 1. The van der Waals surface area contributed by atoms with Crippen LogP contribution in [0.4, 0.5) is 8.78 Å². The number of hydrogen-bond acceptors (Lipinski definition) is 3. The predicted molar refractivity (Wildman–Crippen MR) is 110 cm³/mol. The van der Waals surface area contributed by atoms with Crippen LogP contribution in [0.5, 0.6) is 11.5 Å². The quantitative estimate of drug-likeness (QED) is 0.622. The van der Waals surface area contributed by atoms with Gasteiger partial charge in [-0.15, -0.1) is 0 Å². The number of ether oxygens (including phenoxy) is 2. The van der Waals surface area contributed by atoms with E-state index >= 15 is 0 Å². The predicted octanol–water partition coefficient (Wildman–Crippen LogP) is 4.93. The molecule has 3 aromatic rings. The molecule has 0 atom stereocenters. The van der Waals surface area contributed by atoms with Crippen molar-refractivity contribution in [1.29, 1.82) is 0 Å². The van der Waals surface area contributed by atoms with Crippen molar-refractivity contribution in [1.82, 2.24) is 9.88 Å². The highest BCUT2D eigenvalue weighted by molar-refractivity contribution is 6.06. The molecule has 158 valence electrons. The fourth-order valence-electron chi connectivity index (χ4n) is 4.16. The highest BCUT2D eigenvalue weighted by Gasteiger charge is 2.21. The van der Waals surface area contributed by atoms with E-state index in [-0.39, 0.29) is 17.4 Å². The average molecular weight is 414 g/mol. The maximum absolute atomic E-state index is 13.2. The Labute approximate surface area is 173 Å². The first-order chi connectivity index (χ1) is 14.5. The minimum atomic E-state index is -2.93. The summed E-state index contributed by atoms with van der Waals surface area (Å²) in [5.74, 6) is 0.0610. The SMILES string of the molecule is COc1cc(CN(C)C(=O)c2cccc3c4c([nH]c23)CCCC4)ccc1OC(F)F. The fraction of sp³-hybridized carbons (Fsp3) is 0.348. The monoisotopic (exact) mass is 414 g/mol. The fourth-order valence-corrected chi connectivity index (χ4v) is 4.16. The van der Waals surface area contributed by atoms with Crippen molar-refractivity contribution in [3.8, 4) is 11.5 Å². The summed E-state index contributed by atoms with van der Waals surface area (Å²) in [6.45, 7) is -2.62. The zero-order chi connectivity index (χ0) is 21.3. The number of amides is 1. The number of alkyl halides is 2. The lowest BCUT2D eigenvalue weighted by atomic mass is 9.95. The third kappa shape index (κ3) is 3.84. The van der Waals surface area contributed by atoms with Crippen molar-refractivity contribution in [2.24, 2.45) is 0 Å². The van der Waals surface area contributed by atoms with Crippen molar-refractivity contribution in [3.63, 3.8) is 0 Å². The van der Waals surface area contributed by atoms with Crippen molar-refractivity contribution < 1.29 is 23.0 Å². The molecule has 7 heteroatoms. The molecule has 1 amide bonds. The molecule has 1 heterocycles. The molecule has 0 bridgehead atoms. The Kier molecular flexibility index (Phi) is 5.61. The number of fused-ring (bicyclic) bond motifs is 3. The summed E-state index contributed by atoms with van der Waals surface area (Å²) in [5.41, 5.74) is 4.84. The molecular formula is C23H24F2N2O3. The molecule has 0 unspecified atom stereocenters. The summed E-state index contributed by atoms with van der Waals surface area (Å²) in [4.78, 5) is 18.3. The summed E-state index contributed by atoms with van der Waals surface area (Å²) < 4.78 is 34.6. The number of benzene rings is 2. The molecule has 1 aliphatic rings. The van der Waals surface area contributed by atoms with Gasteiger partial charge in [0, 0.05) is 24.7 Å². The van der Waals surface area contributed by atoms with Gasteiger partial charge in [-0.2, -0.15) is 8.78 Å². The summed E-state index contributed by atoms with van der Waals surface area (Å²) >= 11 is 0. The zero-order valence-electron chi connectivity index (χ0n) is 17.0. The van der Waals surface area contributed by atoms with Crippen molar-refractivity contribution in [3.05, 3.63) is 58.8 Å². The van der Waals surface area contributed by atoms with E-state index in [4.69, 9.17) is 4.74 Å². The first kappa shape index (κ1) is 20.2. The molecule has 30 heavy (non-hydrogen) atoms. The molecule has 0 saturated heterocycles. The first-order valence-electron chi connectivity index (χ1n) is 9.97. The van der Waals surface area contributed by atoms with Crippen LogP contribution in [0.1, 0.15) is 40.0 Å². The molecule has 0 aliphatic heterocycles. The van der Waals surface area contributed by atoms with Crippen LogP contribution in [0.15, 0.2) is 36.4 Å². The lowest BCUT2D eigenvalue weighted by Gasteiger charge is -2.19. The number of carbonyl (C=O) groups excluding carboxylic acids is 1. The van der Waals surface area contributed by atoms with Gasteiger partial charge in [-0.3, -0.25) is 4.79 Å². The molecular weight excluding hydrogens is 390 g/mol. The number of carbonyl (C=O) groups is 1. The highest BCUT2D eigenvalue weighted by Crippen LogP contribution is 2.32. The lowest BCUT2D eigenvalue weighted by molar-refractivity contribution is -0.0512. The standard InChI is InChI=1S/C23H24F2N2O3/c1-27(13-14-10-11-19(30-23(24)25)20(12-14)29-2)22(28)17-8-5-7-16-15-6-3-4-9-18(15)26-21(16)17/h5,7-8,10-12,23,26H,3-4,6,9,13H2,1-2H3. The van der Waals surface area contributed by atoms with E-state index in [1.54, 1.807) is 24.1 Å². The smallest absolute Gasteiger partial charge is 0.387 e. The molecule has 0 radical (unpaired) electrons. The summed E-state index contributed by atoms with van der Waals surface area (Å²) in [6.07, 6.45) is 4.39. The molecule has 0 saturated carbocycles. The van der Waals surface area contributed by atoms with E-state index in [9.17, 15) is 13.6 Å². The van der Waals surface area contributed by atoms with Crippen LogP contribution < -0.4 is 9.47 Å². The zero-order valence-corrected chi connectivity index (χ0v) is 17.0. The Morgan fingerprint density at radius 3 is 2.73 bits per heavy atom. The van der Waals surface area contributed by atoms with Gasteiger partial charge in [0.15, 0.2) is 11.5 Å². The van der Waals surface area contributed by atoms with Gasteiger partial charge < -0.3 is 19.4 Å². The second kappa shape index (κ2) is 8.34. The van der Waals surface area contributed by atoms with Crippen LogP contribution >= 0.6 is 0 Å². The Morgan fingerprint density at radius 2 is 1.97 bits per heavy atom. The van der Waals surface area contributed by atoms with E-state index in [0.29, 0.717) is 12.1 Å². The number of halogens is 2. The van der Waals surface area contributed by atoms with E-state index in [0.717, 1.165) is 35.7 Å². The number of aromatic amines is 1. The number of aryl methyl sites for hydroxylation is 2. The maximum Gasteiger partial charge on any atom is 0.387 e. The third-order valence-electron chi connectivity index (χ3n) is 5.57. The van der Waals surface area contributed by atoms with Gasteiger partial charge in [-0.05, 0) is 55.0 Å². The van der Waals surface area contributed by atoms with Gasteiger partial charge in [0.1, 0.15) is 0 Å². The van der Waals surface area contributed by atoms with Crippen molar-refractivity contribution in [2.45, 2.75) is 38.8 Å². The molecule has 2 aromatic carbocycles. The highest BCUT2D eigenvalue weighted by atomic mass is 19.3. The maximum atomic E-state index is 13.2. The summed E-state index contributed by atoms with van der Waals surface area (Å²) in [6, 6.07) is 10.5. The molecule has 4 rings (SSSR count). The Bertz CT molecular complexity index is 1080. The van der Waals surface area contributed by atoms with Crippen LogP contribution in [-0.2, 0) is 19.4 Å². The minimum Gasteiger partial charge on any atom is -0.493 e. The molecule has 0 spiro atoms. The van der Waals surface area contributed by atoms with E-state index in [1.165, 1.54) is 30.9 Å². The Morgan fingerprint density at radius 1 is 1.17 bits per heavy atom. The minimum absolute atomic E-state index is 0.0352. The Hall–Kier alpha value is -3.09. The second-order valence-corrected chi connectivity index (χ2v) is 7.54. The normalized spacial score (nSPS) is 13.4. The number of para-hydroxylation sites is 1. The van der Waals surface area contributed by atoms with Gasteiger partial charge >= 0.3 is 6.61 Å². The number of rotatable bonds is 6. The summed E-state index contributed by atoms with van der Waals surface area (Å²) in [5, 5.41) is 1.12. The van der Waals surface area contributed by atoms with Crippen LogP contribution in [0.2, 0.25) is 0 Å². The molecule has 5 nitrogen and oxygen atoms in total. The van der Waals surface area contributed by atoms with Crippen molar-refractivity contribution in [2.75, 3.05) is 14.2 Å². The molecule has 1 aliphatic carbocycles. The largest absolute Gasteiger partial charge is 0.493 e. The molecule has 1 aromatic heterocycles. The third-order valence-corrected chi connectivity index (χ3v) is 5.57. The van der Waals surface area contributed by atoms with Crippen LogP contribution in [0.3, 0.4) is 0 Å². The van der Waals surface area contributed by atoms with Crippen LogP contribution in [0.25, 0.3) is 10.9 Å². The van der Waals surface area contributed by atoms with Crippen LogP contribution in [-0.4, -0.2) is 36.6 Å². The van der Waals surface area contributed by atoms with Gasteiger partial charge in [-0.25, -0.2) is 0 Å². The van der Waals surface area contributed by atoms with Gasteiger partial charge in [0.05, 0.1) is 18.2 Å². The molecule has 1 N–H and O–H groups in total. The first-order valence-corrected chi connectivity index (χ1v) is 9.97. The number of nitrogens with zero attached hydrogens (tertiary/aromatic N) is 1.